The lowest BCUT2D eigenvalue weighted by atomic mass is 11.2. The standard InChI is InChI=1S/C2H3F.3FH/c1-2-3;;;/h2H,1H2;3*1H. The molecule has 0 spiro atoms. The van der Waals surface area contributed by atoms with E-state index in [2.05, 4.69) is 6.58 Å². The van der Waals surface area contributed by atoms with Crippen LogP contribution in [0.5, 0.6) is 0 Å². The van der Waals surface area contributed by atoms with Crippen molar-refractivity contribution in [3.63, 3.8) is 0 Å². The molecule has 0 saturated heterocycles. The lowest BCUT2D eigenvalue weighted by Gasteiger charge is -1.28. The topological polar surface area (TPSA) is 0 Å². The summed E-state index contributed by atoms with van der Waals surface area (Å²) in [4.78, 5) is 0. The van der Waals surface area contributed by atoms with Crippen LogP contribution in [-0.2, 0) is 0 Å². The lowest BCUT2D eigenvalue weighted by Crippen LogP contribution is -0.990. The molecule has 0 amide bonds. The fourth-order valence-corrected chi connectivity index (χ4v) is 0. The van der Waals surface area contributed by atoms with E-state index in [4.69, 9.17) is 0 Å². The summed E-state index contributed by atoms with van der Waals surface area (Å²) in [6.07, 6.45) is 0.250. The molecule has 0 radical (unpaired) electrons. The van der Waals surface area contributed by atoms with Gasteiger partial charge in [-0.3, -0.25) is 14.1 Å². The second-order valence-corrected chi connectivity index (χ2v) is 0.154. The van der Waals surface area contributed by atoms with Gasteiger partial charge in [0, 0.05) is 0 Å². The van der Waals surface area contributed by atoms with Gasteiger partial charge in [0.25, 0.3) is 0 Å². The highest BCUT2D eigenvalue weighted by atomic mass is 19.1. The maximum absolute atomic E-state index is 10.1. The predicted octanol–water partition coefficient (Wildman–Crippen LogP) is 1.56. The third-order valence-electron chi connectivity index (χ3n) is 0. The van der Waals surface area contributed by atoms with Crippen molar-refractivity contribution in [2.24, 2.45) is 0 Å². The zero-order valence-electron chi connectivity index (χ0n) is 2.89. The van der Waals surface area contributed by atoms with E-state index in [1.165, 1.54) is 0 Å². The van der Waals surface area contributed by atoms with Crippen molar-refractivity contribution in [2.45, 2.75) is 0 Å². The minimum atomic E-state index is 0. The van der Waals surface area contributed by atoms with Gasteiger partial charge in [0.2, 0.25) is 0 Å². The summed E-state index contributed by atoms with van der Waals surface area (Å²) in [6, 6.07) is 0. The number of rotatable bonds is 0. The minimum Gasteiger partial charge on any atom is -0.269 e. The van der Waals surface area contributed by atoms with Crippen molar-refractivity contribution < 1.29 is 18.5 Å². The molecule has 0 N–H and O–H groups in total. The molecular formula is C2H6F4. The Morgan fingerprint density at radius 2 is 1.17 bits per heavy atom. The van der Waals surface area contributed by atoms with Gasteiger partial charge in [0.05, 0.1) is 6.33 Å². The summed E-state index contributed by atoms with van der Waals surface area (Å²) >= 11 is 0. The molecule has 0 atom stereocenters. The van der Waals surface area contributed by atoms with Crippen LogP contribution in [0.4, 0.5) is 18.5 Å². The van der Waals surface area contributed by atoms with Gasteiger partial charge in [-0.05, 0) is 0 Å². The van der Waals surface area contributed by atoms with Gasteiger partial charge < -0.3 is 0 Å². The molecular weight excluding hydrogens is 100 g/mol. The Morgan fingerprint density at radius 1 is 1.17 bits per heavy atom. The molecule has 0 nitrogen and oxygen atoms in total. The lowest BCUT2D eigenvalue weighted by molar-refractivity contribution is 0.725. The van der Waals surface area contributed by atoms with Gasteiger partial charge >= 0.3 is 0 Å². The molecule has 42 valence electrons. The molecule has 0 rings (SSSR count). The first-order chi connectivity index (χ1) is 1.41. The average Bonchev–Trinajstić information content (AvgIpc) is 0.918. The third-order valence-corrected chi connectivity index (χ3v) is 0. The molecule has 0 aliphatic heterocycles. The van der Waals surface area contributed by atoms with Crippen LogP contribution in [-0.4, -0.2) is 0 Å². The van der Waals surface area contributed by atoms with E-state index < -0.39 is 0 Å². The van der Waals surface area contributed by atoms with Crippen LogP contribution in [0.2, 0.25) is 0 Å². The van der Waals surface area contributed by atoms with Crippen LogP contribution in [0.3, 0.4) is 0 Å². The van der Waals surface area contributed by atoms with E-state index in [0.29, 0.717) is 0 Å². The number of halogens is 4. The van der Waals surface area contributed by atoms with Crippen LogP contribution in [0.1, 0.15) is 0 Å². The van der Waals surface area contributed by atoms with Crippen LogP contribution in [0.15, 0.2) is 12.9 Å². The van der Waals surface area contributed by atoms with Gasteiger partial charge in [0.15, 0.2) is 0 Å². The number of hydrogen-bond acceptors (Lipinski definition) is 0. The van der Waals surface area contributed by atoms with Crippen molar-refractivity contribution in [2.75, 3.05) is 0 Å². The third kappa shape index (κ3) is 71.8. The van der Waals surface area contributed by atoms with Crippen molar-refractivity contribution in [3.8, 4) is 0 Å². The van der Waals surface area contributed by atoms with Crippen LogP contribution in [0, 0.1) is 0 Å². The summed E-state index contributed by atoms with van der Waals surface area (Å²) in [5.74, 6) is 0. The summed E-state index contributed by atoms with van der Waals surface area (Å²) in [7, 11) is 0. The minimum absolute atomic E-state index is 0. The molecule has 0 aliphatic rings. The fourth-order valence-electron chi connectivity index (χ4n) is 0. The second-order valence-electron chi connectivity index (χ2n) is 0.154. The van der Waals surface area contributed by atoms with Gasteiger partial charge in [-0.2, -0.15) is 0 Å². The molecule has 0 aliphatic carbocycles. The molecule has 0 aromatic heterocycles. The Bertz CT molecular complexity index is 13.0. The molecule has 0 aromatic carbocycles. The summed E-state index contributed by atoms with van der Waals surface area (Å²) in [5, 5.41) is 0. The monoisotopic (exact) mass is 106 g/mol. The van der Waals surface area contributed by atoms with Crippen molar-refractivity contribution in [1.29, 1.82) is 0 Å². The van der Waals surface area contributed by atoms with Gasteiger partial charge in [-0.25, -0.2) is 4.39 Å². The van der Waals surface area contributed by atoms with Crippen molar-refractivity contribution in [3.05, 3.63) is 12.9 Å². The van der Waals surface area contributed by atoms with Gasteiger partial charge in [-0.15, -0.1) is 0 Å². The van der Waals surface area contributed by atoms with E-state index in [0.717, 1.165) is 0 Å². The van der Waals surface area contributed by atoms with E-state index in [9.17, 15) is 4.39 Å². The zero-order chi connectivity index (χ0) is 2.71. The Kier molecular flexibility index (Phi) is 2140. The van der Waals surface area contributed by atoms with E-state index in [1.54, 1.807) is 0 Å². The highest BCUT2D eigenvalue weighted by molar-refractivity contribution is 4.39. The molecule has 0 bridgehead atoms. The predicted molar refractivity (Wildman–Crippen MR) is 18.8 cm³/mol. The second kappa shape index (κ2) is 252. The van der Waals surface area contributed by atoms with E-state index in [-0.39, 0.29) is 20.4 Å². The largest absolute Gasteiger partial charge is 0.269 e. The first kappa shape index (κ1) is 51.0. The van der Waals surface area contributed by atoms with Gasteiger partial charge in [0.1, 0.15) is 0 Å². The highest BCUT2D eigenvalue weighted by Crippen LogP contribution is 1.48. The SMILES string of the molecule is C=CF.F.F.F. The Hall–Kier alpha value is -0.540. The maximum atomic E-state index is 10.1. The zero-order valence-corrected chi connectivity index (χ0v) is 2.89. The van der Waals surface area contributed by atoms with Crippen LogP contribution < -0.4 is 0 Å². The molecule has 6 heavy (non-hydrogen) atoms. The van der Waals surface area contributed by atoms with Crippen LogP contribution >= 0.6 is 0 Å². The first-order valence-electron chi connectivity index (χ1n) is 0.626. The van der Waals surface area contributed by atoms with E-state index in [1.807, 2.05) is 0 Å². The van der Waals surface area contributed by atoms with Crippen molar-refractivity contribution in [1.82, 2.24) is 0 Å². The molecule has 0 unspecified atom stereocenters. The number of hydrogen-bond donors (Lipinski definition) is 0. The maximum Gasteiger partial charge on any atom is 0.0795 e. The van der Waals surface area contributed by atoms with E-state index >= 15 is 0 Å². The Labute approximate surface area is 32.8 Å². The Morgan fingerprint density at radius 3 is 1.17 bits per heavy atom. The summed E-state index contributed by atoms with van der Waals surface area (Å²) in [5.41, 5.74) is 0. The Balaban J connectivity index is -0.00000000667. The molecule has 0 aromatic rings. The molecule has 4 heteroatoms. The smallest absolute Gasteiger partial charge is 0.0795 e. The summed E-state index contributed by atoms with van der Waals surface area (Å²) < 4.78 is 10.1. The van der Waals surface area contributed by atoms with Gasteiger partial charge in [-0.1, -0.05) is 6.58 Å². The van der Waals surface area contributed by atoms with Crippen LogP contribution in [0.25, 0.3) is 0 Å². The molecule has 0 fully saturated rings. The average molecular weight is 106 g/mol. The molecule has 0 saturated carbocycles. The molecule has 0 heterocycles. The quantitative estimate of drug-likeness (QED) is 0.411. The van der Waals surface area contributed by atoms with Crippen molar-refractivity contribution >= 4 is 0 Å². The fraction of sp³-hybridized carbons (Fsp3) is 0. The normalized spacial score (nSPS) is 2.17. The highest BCUT2D eigenvalue weighted by Gasteiger charge is 1.19. The first-order valence-corrected chi connectivity index (χ1v) is 0.626. The summed E-state index contributed by atoms with van der Waals surface area (Å²) in [6.45, 7) is 2.69.